The monoisotopic (exact) mass is 437 g/mol. The van der Waals surface area contributed by atoms with Crippen LogP contribution < -0.4 is 15.4 Å². The second-order valence-corrected chi connectivity index (χ2v) is 7.66. The van der Waals surface area contributed by atoms with Crippen LogP contribution in [0.3, 0.4) is 0 Å². The van der Waals surface area contributed by atoms with Crippen LogP contribution in [0.25, 0.3) is 6.08 Å². The lowest BCUT2D eigenvalue weighted by Gasteiger charge is -2.07. The molecule has 0 atom stereocenters. The van der Waals surface area contributed by atoms with Crippen molar-refractivity contribution in [1.82, 2.24) is 4.98 Å². The Morgan fingerprint density at radius 3 is 2.52 bits per heavy atom. The summed E-state index contributed by atoms with van der Waals surface area (Å²) in [7, 11) is 1.45. The molecular weight excluding hydrogens is 414 g/mol. The van der Waals surface area contributed by atoms with Gasteiger partial charge in [0.2, 0.25) is 11.8 Å². The number of anilines is 2. The first-order valence-electron chi connectivity index (χ1n) is 9.53. The van der Waals surface area contributed by atoms with Crippen LogP contribution in [0.2, 0.25) is 0 Å². The van der Waals surface area contributed by atoms with Crippen LogP contribution in [0.4, 0.5) is 11.4 Å². The molecule has 3 aromatic rings. The van der Waals surface area contributed by atoms with Crippen molar-refractivity contribution in [3.05, 3.63) is 76.3 Å². The maximum absolute atomic E-state index is 12.2. The number of methoxy groups -OCH3 is 1. The molecule has 3 rings (SSSR count). The van der Waals surface area contributed by atoms with Crippen molar-refractivity contribution in [1.29, 1.82) is 0 Å². The van der Waals surface area contributed by atoms with Gasteiger partial charge in [0.05, 0.1) is 10.7 Å². The highest BCUT2D eigenvalue weighted by Gasteiger charge is 2.04. The Labute approximate surface area is 184 Å². The average molecular weight is 438 g/mol. The molecule has 2 amide bonds. The molecule has 0 saturated carbocycles. The van der Waals surface area contributed by atoms with Gasteiger partial charge < -0.3 is 20.1 Å². The minimum atomic E-state index is -0.278. The van der Waals surface area contributed by atoms with E-state index in [1.165, 1.54) is 13.2 Å². The molecule has 0 aliphatic carbocycles. The third kappa shape index (κ3) is 7.36. The molecule has 2 aromatic carbocycles. The zero-order valence-electron chi connectivity index (χ0n) is 17.3. The molecule has 0 fully saturated rings. The number of hydrogen-bond donors (Lipinski definition) is 2. The van der Waals surface area contributed by atoms with Crippen LogP contribution in [0.1, 0.15) is 16.3 Å². The Kier molecular flexibility index (Phi) is 7.91. The van der Waals surface area contributed by atoms with E-state index in [0.717, 1.165) is 22.0 Å². The number of amides is 2. The number of ether oxygens (including phenoxy) is 2. The molecule has 1 aromatic heterocycles. The predicted molar refractivity (Wildman–Crippen MR) is 122 cm³/mol. The number of thiazole rings is 1. The molecule has 8 heteroatoms. The molecule has 7 nitrogen and oxygen atoms in total. The van der Waals surface area contributed by atoms with Crippen LogP contribution in [-0.2, 0) is 20.9 Å². The standard InChI is InChI=1S/C23H23N3O4S/c1-16-24-20(15-31-16)13-30-21-9-6-17(7-10-21)8-11-22(27)25-18-4-3-5-19(12-18)26-23(28)14-29-2/h3-12,15H,13-14H2,1-2H3,(H,25,27)(H,26,28)/b11-8+. The molecule has 2 N–H and O–H groups in total. The zero-order chi connectivity index (χ0) is 22.1. The van der Waals surface area contributed by atoms with Gasteiger partial charge in [-0.25, -0.2) is 4.98 Å². The van der Waals surface area contributed by atoms with Gasteiger partial charge in [0.25, 0.3) is 0 Å². The molecule has 0 saturated heterocycles. The molecule has 160 valence electrons. The van der Waals surface area contributed by atoms with Gasteiger partial charge in [0, 0.05) is 29.9 Å². The number of carbonyl (C=O) groups is 2. The fourth-order valence-corrected chi connectivity index (χ4v) is 3.26. The lowest BCUT2D eigenvalue weighted by Crippen LogP contribution is -2.17. The number of benzene rings is 2. The summed E-state index contributed by atoms with van der Waals surface area (Å²) in [6.07, 6.45) is 3.16. The number of hydrogen-bond acceptors (Lipinski definition) is 6. The SMILES string of the molecule is COCC(=O)Nc1cccc(NC(=O)/C=C/c2ccc(OCc3csc(C)n3)cc2)c1. The van der Waals surface area contributed by atoms with Crippen molar-refractivity contribution in [2.45, 2.75) is 13.5 Å². The second kappa shape index (κ2) is 11.1. The summed E-state index contributed by atoms with van der Waals surface area (Å²) in [6, 6.07) is 14.3. The zero-order valence-corrected chi connectivity index (χ0v) is 18.1. The van der Waals surface area contributed by atoms with Crippen molar-refractivity contribution in [3.63, 3.8) is 0 Å². The number of rotatable bonds is 9. The predicted octanol–water partition coefficient (Wildman–Crippen LogP) is 4.27. The maximum Gasteiger partial charge on any atom is 0.250 e. The first kappa shape index (κ1) is 22.2. The van der Waals surface area contributed by atoms with Crippen LogP contribution in [-0.4, -0.2) is 30.5 Å². The van der Waals surface area contributed by atoms with Crippen molar-refractivity contribution in [2.75, 3.05) is 24.4 Å². The van der Waals surface area contributed by atoms with E-state index in [0.29, 0.717) is 18.0 Å². The molecule has 0 bridgehead atoms. The molecule has 31 heavy (non-hydrogen) atoms. The number of nitrogens with one attached hydrogen (secondary N) is 2. The van der Waals surface area contributed by atoms with Crippen molar-refractivity contribution < 1.29 is 19.1 Å². The van der Waals surface area contributed by atoms with Crippen LogP contribution in [0.5, 0.6) is 5.75 Å². The summed E-state index contributed by atoms with van der Waals surface area (Å²) >= 11 is 1.60. The van der Waals surface area contributed by atoms with E-state index in [1.807, 2.05) is 36.6 Å². The van der Waals surface area contributed by atoms with Crippen molar-refractivity contribution in [3.8, 4) is 5.75 Å². The highest BCUT2D eigenvalue weighted by Crippen LogP contribution is 2.17. The molecule has 0 spiro atoms. The van der Waals surface area contributed by atoms with E-state index in [1.54, 1.807) is 41.7 Å². The Morgan fingerprint density at radius 2 is 1.84 bits per heavy atom. The van der Waals surface area contributed by atoms with Gasteiger partial charge in [-0.05, 0) is 48.9 Å². The van der Waals surface area contributed by atoms with Crippen LogP contribution in [0.15, 0.2) is 60.0 Å². The van der Waals surface area contributed by atoms with E-state index in [2.05, 4.69) is 15.6 Å². The number of nitrogens with zero attached hydrogens (tertiary/aromatic N) is 1. The highest BCUT2D eigenvalue weighted by atomic mass is 32.1. The van der Waals surface area contributed by atoms with E-state index >= 15 is 0 Å². The van der Waals surface area contributed by atoms with Gasteiger partial charge in [-0.15, -0.1) is 11.3 Å². The highest BCUT2D eigenvalue weighted by molar-refractivity contribution is 7.09. The molecule has 0 radical (unpaired) electrons. The molecular formula is C23H23N3O4S. The third-order valence-electron chi connectivity index (χ3n) is 4.05. The first-order valence-corrected chi connectivity index (χ1v) is 10.4. The summed E-state index contributed by atoms with van der Waals surface area (Å²) in [5, 5.41) is 8.46. The fourth-order valence-electron chi connectivity index (χ4n) is 2.67. The van der Waals surface area contributed by atoms with E-state index in [-0.39, 0.29) is 18.4 Å². The lowest BCUT2D eigenvalue weighted by molar-refractivity contribution is -0.119. The lowest BCUT2D eigenvalue weighted by atomic mass is 10.2. The largest absolute Gasteiger partial charge is 0.487 e. The normalized spacial score (nSPS) is 10.8. The van der Waals surface area contributed by atoms with Gasteiger partial charge in [0.1, 0.15) is 19.0 Å². The Balaban J connectivity index is 1.51. The van der Waals surface area contributed by atoms with Crippen molar-refractivity contribution >= 4 is 40.6 Å². The number of carbonyl (C=O) groups excluding carboxylic acids is 2. The van der Waals surface area contributed by atoms with E-state index in [9.17, 15) is 9.59 Å². The average Bonchev–Trinajstić information content (AvgIpc) is 3.17. The summed E-state index contributed by atoms with van der Waals surface area (Å²) in [4.78, 5) is 28.2. The van der Waals surface area contributed by atoms with Gasteiger partial charge in [-0.2, -0.15) is 0 Å². The topological polar surface area (TPSA) is 89.6 Å². The minimum Gasteiger partial charge on any atom is -0.487 e. The first-order chi connectivity index (χ1) is 15.0. The molecule has 0 unspecified atom stereocenters. The summed E-state index contributed by atoms with van der Waals surface area (Å²) in [6.45, 7) is 2.35. The molecule has 0 aliphatic heterocycles. The fraction of sp³-hybridized carbons (Fsp3) is 0.174. The van der Waals surface area contributed by atoms with Gasteiger partial charge >= 0.3 is 0 Å². The Bertz CT molecular complexity index is 1060. The van der Waals surface area contributed by atoms with Gasteiger partial charge in [-0.1, -0.05) is 18.2 Å². The number of aromatic nitrogens is 1. The molecule has 1 heterocycles. The van der Waals surface area contributed by atoms with Gasteiger partial charge in [0.15, 0.2) is 0 Å². The Morgan fingerprint density at radius 1 is 1.10 bits per heavy atom. The summed E-state index contributed by atoms with van der Waals surface area (Å²) < 4.78 is 10.5. The smallest absolute Gasteiger partial charge is 0.250 e. The van der Waals surface area contributed by atoms with E-state index < -0.39 is 0 Å². The van der Waals surface area contributed by atoms with Crippen LogP contribution in [0, 0.1) is 6.92 Å². The van der Waals surface area contributed by atoms with Gasteiger partial charge in [-0.3, -0.25) is 9.59 Å². The minimum absolute atomic E-state index is 0.0340. The maximum atomic E-state index is 12.2. The summed E-state index contributed by atoms with van der Waals surface area (Å²) in [5.41, 5.74) is 2.93. The molecule has 0 aliphatic rings. The second-order valence-electron chi connectivity index (χ2n) is 6.60. The number of aryl methyl sites for hydroxylation is 1. The van der Waals surface area contributed by atoms with E-state index in [4.69, 9.17) is 9.47 Å². The van der Waals surface area contributed by atoms with Crippen LogP contribution >= 0.6 is 11.3 Å². The Hall–Kier alpha value is -3.49. The van der Waals surface area contributed by atoms with Crippen molar-refractivity contribution in [2.24, 2.45) is 0 Å². The third-order valence-corrected chi connectivity index (χ3v) is 4.87. The quantitative estimate of drug-likeness (QED) is 0.488. The summed E-state index contributed by atoms with van der Waals surface area (Å²) in [5.74, 6) is 0.194.